The summed E-state index contributed by atoms with van der Waals surface area (Å²) < 4.78 is 0. The lowest BCUT2D eigenvalue weighted by molar-refractivity contribution is 0.0908. The maximum Gasteiger partial charge on any atom is 0.156 e. The number of fused-ring (bicyclic) bond motifs is 1. The molecule has 1 saturated carbocycles. The van der Waals surface area contributed by atoms with Crippen molar-refractivity contribution >= 4 is 34.3 Å². The number of halogens is 2. The van der Waals surface area contributed by atoms with E-state index in [0.29, 0.717) is 17.0 Å². The lowest BCUT2D eigenvalue weighted by Gasteiger charge is -2.36. The minimum Gasteiger partial charge on any atom is -0.408 e. The Morgan fingerprint density at radius 2 is 1.90 bits per heavy atom. The van der Waals surface area contributed by atoms with Crippen molar-refractivity contribution in [3.63, 3.8) is 0 Å². The molecule has 0 radical (unpaired) electrons. The Morgan fingerprint density at radius 1 is 1.14 bits per heavy atom. The minimum absolute atomic E-state index is 0.329. The number of allylic oxidation sites excluding steroid dienone is 4. The maximum atomic E-state index is 6.48. The van der Waals surface area contributed by atoms with Crippen molar-refractivity contribution in [3.05, 3.63) is 87.4 Å². The van der Waals surface area contributed by atoms with E-state index < -0.39 is 0 Å². The van der Waals surface area contributed by atoms with Crippen molar-refractivity contribution in [1.82, 2.24) is 5.48 Å². The summed E-state index contributed by atoms with van der Waals surface area (Å²) in [5.74, 6) is 1.31. The van der Waals surface area contributed by atoms with Gasteiger partial charge >= 0.3 is 0 Å². The van der Waals surface area contributed by atoms with E-state index in [-0.39, 0.29) is 0 Å². The average Bonchev–Trinajstić information content (AvgIpc) is 2.63. The summed E-state index contributed by atoms with van der Waals surface area (Å²) in [5, 5.41) is 1.45. The monoisotopic (exact) mass is 425 g/mol. The molecule has 29 heavy (non-hydrogen) atoms. The normalized spacial score (nSPS) is 20.6. The van der Waals surface area contributed by atoms with Crippen LogP contribution in [-0.2, 0) is 6.42 Å². The molecule has 0 aliphatic heterocycles. The van der Waals surface area contributed by atoms with Gasteiger partial charge in [-0.2, -0.15) is 5.48 Å². The molecular formula is C25H25Cl2NO. The SMILES string of the molecule is C=C1C=C(c2cc(C)c(Cl)cc2ONC2CC(C(=C)C)C2)Cc2c(Cl)cccc21. The van der Waals surface area contributed by atoms with Crippen LogP contribution in [0.3, 0.4) is 0 Å². The molecule has 1 fully saturated rings. The van der Waals surface area contributed by atoms with Gasteiger partial charge < -0.3 is 4.84 Å². The minimum atomic E-state index is 0.329. The predicted molar refractivity (Wildman–Crippen MR) is 123 cm³/mol. The Kier molecular flexibility index (Phi) is 5.61. The van der Waals surface area contributed by atoms with Crippen LogP contribution >= 0.6 is 23.2 Å². The van der Waals surface area contributed by atoms with Crippen LogP contribution < -0.4 is 10.3 Å². The van der Waals surface area contributed by atoms with Gasteiger partial charge in [0.15, 0.2) is 5.75 Å². The van der Waals surface area contributed by atoms with Gasteiger partial charge in [-0.1, -0.05) is 60.1 Å². The first-order valence-electron chi connectivity index (χ1n) is 9.89. The molecule has 0 heterocycles. The van der Waals surface area contributed by atoms with Gasteiger partial charge in [0.2, 0.25) is 0 Å². The number of nitrogens with one attached hydrogen (secondary N) is 1. The quantitative estimate of drug-likeness (QED) is 0.404. The predicted octanol–water partition coefficient (Wildman–Crippen LogP) is 7.19. The second-order valence-electron chi connectivity index (χ2n) is 8.17. The molecule has 0 atom stereocenters. The first kappa shape index (κ1) is 20.3. The third-order valence-corrected chi connectivity index (χ3v) is 6.72. The number of benzene rings is 2. The van der Waals surface area contributed by atoms with E-state index in [4.69, 9.17) is 28.0 Å². The highest BCUT2D eigenvalue weighted by atomic mass is 35.5. The van der Waals surface area contributed by atoms with Crippen LogP contribution in [0, 0.1) is 12.8 Å². The van der Waals surface area contributed by atoms with Crippen molar-refractivity contribution < 1.29 is 4.84 Å². The van der Waals surface area contributed by atoms with Gasteiger partial charge in [-0.15, -0.1) is 0 Å². The molecule has 2 aliphatic carbocycles. The molecule has 4 rings (SSSR count). The highest BCUT2D eigenvalue weighted by molar-refractivity contribution is 6.32. The molecule has 0 bridgehead atoms. The highest BCUT2D eigenvalue weighted by Crippen LogP contribution is 2.41. The van der Waals surface area contributed by atoms with E-state index >= 15 is 0 Å². The van der Waals surface area contributed by atoms with Crippen molar-refractivity contribution in [2.45, 2.75) is 39.2 Å². The summed E-state index contributed by atoms with van der Waals surface area (Å²) in [6, 6.07) is 10.3. The van der Waals surface area contributed by atoms with E-state index in [2.05, 4.69) is 43.8 Å². The van der Waals surface area contributed by atoms with Crippen molar-refractivity contribution in [2.75, 3.05) is 0 Å². The molecule has 0 amide bonds. The zero-order valence-electron chi connectivity index (χ0n) is 16.8. The second kappa shape index (κ2) is 8.02. The van der Waals surface area contributed by atoms with E-state index in [1.807, 2.05) is 25.1 Å². The molecule has 0 saturated heterocycles. The standard InChI is InChI=1S/C25H25Cl2NO/c1-14(2)17-10-19(11-17)28-29-25-13-24(27)16(4)9-21(25)18-8-15(3)20-6-5-7-23(26)22(20)12-18/h5-9,13,17,19,28H,1,3,10-12H2,2,4H3. The van der Waals surface area contributed by atoms with Crippen LogP contribution in [0.1, 0.15) is 42.0 Å². The number of hydrogen-bond donors (Lipinski definition) is 1. The van der Waals surface area contributed by atoms with Crippen LogP contribution in [0.15, 0.2) is 55.1 Å². The maximum absolute atomic E-state index is 6.48. The molecule has 150 valence electrons. The zero-order chi connectivity index (χ0) is 20.7. The van der Waals surface area contributed by atoms with Crippen LogP contribution in [0.4, 0.5) is 0 Å². The molecule has 2 aromatic rings. The van der Waals surface area contributed by atoms with Gasteiger partial charge in [0.1, 0.15) is 0 Å². The van der Waals surface area contributed by atoms with Crippen molar-refractivity contribution in [1.29, 1.82) is 0 Å². The molecular weight excluding hydrogens is 401 g/mol. The van der Waals surface area contributed by atoms with E-state index in [9.17, 15) is 0 Å². The van der Waals surface area contributed by atoms with Crippen molar-refractivity contribution in [3.8, 4) is 5.75 Å². The summed E-state index contributed by atoms with van der Waals surface area (Å²) in [6.07, 6.45) is 4.95. The topological polar surface area (TPSA) is 21.3 Å². The number of rotatable bonds is 5. The molecule has 2 aliphatic rings. The fraction of sp³-hybridized carbons (Fsp3) is 0.280. The fourth-order valence-electron chi connectivity index (χ4n) is 4.00. The van der Waals surface area contributed by atoms with Crippen LogP contribution in [0.25, 0.3) is 11.1 Å². The van der Waals surface area contributed by atoms with Gasteiger partial charge in [0, 0.05) is 34.1 Å². The molecule has 2 aromatic carbocycles. The van der Waals surface area contributed by atoms with Gasteiger partial charge in [-0.3, -0.25) is 0 Å². The number of hydrogen-bond acceptors (Lipinski definition) is 2. The highest BCUT2D eigenvalue weighted by Gasteiger charge is 2.30. The largest absolute Gasteiger partial charge is 0.408 e. The Labute approximate surface area is 182 Å². The number of aryl methyl sites for hydroxylation is 1. The summed E-state index contributed by atoms with van der Waals surface area (Å²) in [7, 11) is 0. The molecule has 0 aromatic heterocycles. The average molecular weight is 426 g/mol. The summed E-state index contributed by atoms with van der Waals surface area (Å²) in [6.45, 7) is 12.4. The van der Waals surface area contributed by atoms with Crippen LogP contribution in [0.5, 0.6) is 5.75 Å². The Bertz CT molecular complexity index is 1030. The first-order valence-corrected chi connectivity index (χ1v) is 10.6. The van der Waals surface area contributed by atoms with Crippen LogP contribution in [-0.4, -0.2) is 6.04 Å². The first-order chi connectivity index (χ1) is 13.8. The summed E-state index contributed by atoms with van der Waals surface area (Å²) in [4.78, 5) is 6.04. The van der Waals surface area contributed by atoms with Gasteiger partial charge in [-0.05, 0) is 72.6 Å². The molecule has 0 spiro atoms. The van der Waals surface area contributed by atoms with E-state index in [0.717, 1.165) is 63.4 Å². The lowest BCUT2D eigenvalue weighted by Crippen LogP contribution is -2.43. The van der Waals surface area contributed by atoms with Crippen molar-refractivity contribution in [2.24, 2.45) is 5.92 Å². The smallest absolute Gasteiger partial charge is 0.156 e. The lowest BCUT2D eigenvalue weighted by atomic mass is 9.77. The van der Waals surface area contributed by atoms with E-state index in [1.54, 1.807) is 0 Å². The number of hydroxylamine groups is 1. The summed E-state index contributed by atoms with van der Waals surface area (Å²) >= 11 is 12.9. The Balaban J connectivity index is 1.60. The fourth-order valence-corrected chi connectivity index (χ4v) is 4.40. The third-order valence-electron chi connectivity index (χ3n) is 5.96. The third kappa shape index (κ3) is 4.02. The van der Waals surface area contributed by atoms with Crippen LogP contribution in [0.2, 0.25) is 10.0 Å². The van der Waals surface area contributed by atoms with E-state index in [1.165, 1.54) is 5.57 Å². The Hall–Kier alpha value is -2.00. The second-order valence-corrected chi connectivity index (χ2v) is 8.98. The molecule has 0 unspecified atom stereocenters. The summed E-state index contributed by atoms with van der Waals surface area (Å²) in [5.41, 5.74) is 10.8. The Morgan fingerprint density at radius 3 is 2.62 bits per heavy atom. The van der Waals surface area contributed by atoms with Gasteiger partial charge in [0.05, 0.1) is 0 Å². The zero-order valence-corrected chi connectivity index (χ0v) is 18.3. The van der Waals surface area contributed by atoms with Gasteiger partial charge in [-0.25, -0.2) is 0 Å². The molecule has 1 N–H and O–H groups in total. The molecule has 4 heteroatoms. The van der Waals surface area contributed by atoms with Gasteiger partial charge in [0.25, 0.3) is 0 Å². The molecule has 2 nitrogen and oxygen atoms in total.